The first kappa shape index (κ1) is 14.5. The van der Waals surface area contributed by atoms with Crippen molar-refractivity contribution in [2.75, 3.05) is 0 Å². The molecule has 0 radical (unpaired) electrons. The summed E-state index contributed by atoms with van der Waals surface area (Å²) in [5.74, 6) is 6.07. The molecular weight excluding hydrogens is 184 g/mol. The molecule has 0 spiro atoms. The van der Waals surface area contributed by atoms with E-state index in [0.717, 1.165) is 25.7 Å². The summed E-state index contributed by atoms with van der Waals surface area (Å²) < 4.78 is 0. The summed E-state index contributed by atoms with van der Waals surface area (Å²) in [5, 5.41) is 9.92. The van der Waals surface area contributed by atoms with Gasteiger partial charge in [-0.1, -0.05) is 45.5 Å². The molecule has 1 unspecified atom stereocenters. The van der Waals surface area contributed by atoms with Gasteiger partial charge in [0.25, 0.3) is 0 Å². The van der Waals surface area contributed by atoms with Crippen molar-refractivity contribution < 1.29 is 5.11 Å². The van der Waals surface area contributed by atoms with Crippen LogP contribution in [0.1, 0.15) is 72.1 Å². The summed E-state index contributed by atoms with van der Waals surface area (Å²) in [7, 11) is 0. The van der Waals surface area contributed by atoms with Gasteiger partial charge in [0.05, 0.1) is 0 Å². The zero-order valence-electron chi connectivity index (χ0n) is 10.6. The van der Waals surface area contributed by atoms with Crippen molar-refractivity contribution in [3.05, 3.63) is 0 Å². The smallest absolute Gasteiger partial charge is 0.122 e. The molecule has 1 atom stereocenters. The molecule has 0 aliphatic carbocycles. The third kappa shape index (κ3) is 9.82. The van der Waals surface area contributed by atoms with Crippen LogP contribution < -0.4 is 0 Å². The van der Waals surface area contributed by atoms with Crippen LogP contribution in [0.4, 0.5) is 0 Å². The van der Waals surface area contributed by atoms with Gasteiger partial charge in [0.2, 0.25) is 0 Å². The molecule has 1 nitrogen and oxygen atoms in total. The van der Waals surface area contributed by atoms with Crippen LogP contribution in [-0.2, 0) is 0 Å². The van der Waals surface area contributed by atoms with E-state index in [1.54, 1.807) is 0 Å². The van der Waals surface area contributed by atoms with E-state index < -0.39 is 5.60 Å². The first-order valence-corrected chi connectivity index (χ1v) is 6.34. The maximum Gasteiger partial charge on any atom is 0.122 e. The molecule has 1 N–H and O–H groups in total. The molecule has 0 aromatic carbocycles. The van der Waals surface area contributed by atoms with Gasteiger partial charge in [0.15, 0.2) is 0 Å². The van der Waals surface area contributed by atoms with Crippen LogP contribution in [0.5, 0.6) is 0 Å². The molecule has 0 aromatic heterocycles. The summed E-state index contributed by atoms with van der Waals surface area (Å²) >= 11 is 0. The quantitative estimate of drug-likeness (QED) is 0.499. The first-order valence-electron chi connectivity index (χ1n) is 6.34. The Morgan fingerprint density at radius 3 is 2.20 bits per heavy atom. The van der Waals surface area contributed by atoms with Gasteiger partial charge in [-0.3, -0.25) is 0 Å². The van der Waals surface area contributed by atoms with Gasteiger partial charge < -0.3 is 5.11 Å². The van der Waals surface area contributed by atoms with Crippen molar-refractivity contribution in [2.45, 2.75) is 77.7 Å². The average Bonchev–Trinajstić information content (AvgIpc) is 2.17. The van der Waals surface area contributed by atoms with Gasteiger partial charge in [0, 0.05) is 6.42 Å². The van der Waals surface area contributed by atoms with Crippen molar-refractivity contribution in [1.82, 2.24) is 0 Å². The number of hydrogen-bond acceptors (Lipinski definition) is 1. The van der Waals surface area contributed by atoms with E-state index in [0.29, 0.717) is 0 Å². The van der Waals surface area contributed by atoms with Gasteiger partial charge in [-0.15, -0.1) is 5.92 Å². The fraction of sp³-hybridized carbons (Fsp3) is 0.857. The van der Waals surface area contributed by atoms with E-state index in [4.69, 9.17) is 0 Å². The SMILES string of the molecule is CCCCCC#CC(C)(O)CCCCC. The summed E-state index contributed by atoms with van der Waals surface area (Å²) in [6.07, 6.45) is 8.83. The van der Waals surface area contributed by atoms with E-state index in [9.17, 15) is 5.11 Å². The molecule has 0 aliphatic heterocycles. The predicted molar refractivity (Wildman–Crippen MR) is 66.7 cm³/mol. The molecule has 0 saturated heterocycles. The minimum absolute atomic E-state index is 0.763. The van der Waals surface area contributed by atoms with Crippen LogP contribution in [0.2, 0.25) is 0 Å². The number of rotatable bonds is 7. The van der Waals surface area contributed by atoms with Crippen LogP contribution in [0.25, 0.3) is 0 Å². The van der Waals surface area contributed by atoms with Crippen LogP contribution in [-0.4, -0.2) is 10.7 Å². The second-order valence-electron chi connectivity index (χ2n) is 4.49. The monoisotopic (exact) mass is 210 g/mol. The minimum atomic E-state index is -0.763. The largest absolute Gasteiger partial charge is 0.378 e. The molecule has 0 amide bonds. The third-order valence-corrected chi connectivity index (χ3v) is 2.53. The van der Waals surface area contributed by atoms with Crippen molar-refractivity contribution in [3.8, 4) is 11.8 Å². The van der Waals surface area contributed by atoms with Gasteiger partial charge in [-0.2, -0.15) is 0 Å². The minimum Gasteiger partial charge on any atom is -0.378 e. The number of unbranched alkanes of at least 4 members (excludes halogenated alkanes) is 5. The van der Waals surface area contributed by atoms with Crippen molar-refractivity contribution in [1.29, 1.82) is 0 Å². The van der Waals surface area contributed by atoms with Crippen molar-refractivity contribution in [2.24, 2.45) is 0 Å². The Balaban J connectivity index is 3.69. The maximum atomic E-state index is 9.92. The van der Waals surface area contributed by atoms with E-state index >= 15 is 0 Å². The highest BCUT2D eigenvalue weighted by atomic mass is 16.3. The van der Waals surface area contributed by atoms with Crippen LogP contribution in [0.3, 0.4) is 0 Å². The molecule has 88 valence electrons. The molecule has 15 heavy (non-hydrogen) atoms. The fourth-order valence-corrected chi connectivity index (χ4v) is 1.50. The molecule has 0 heterocycles. The molecule has 0 fully saturated rings. The summed E-state index contributed by atoms with van der Waals surface area (Å²) in [4.78, 5) is 0. The Morgan fingerprint density at radius 1 is 1.00 bits per heavy atom. The van der Waals surface area contributed by atoms with Gasteiger partial charge in [-0.05, 0) is 26.2 Å². The average molecular weight is 210 g/mol. The second-order valence-corrected chi connectivity index (χ2v) is 4.49. The lowest BCUT2D eigenvalue weighted by Crippen LogP contribution is -2.21. The molecule has 0 saturated carbocycles. The predicted octanol–water partition coefficient (Wildman–Crippen LogP) is 3.90. The Labute approximate surface area is 95.3 Å². The van der Waals surface area contributed by atoms with Crippen LogP contribution in [0, 0.1) is 11.8 Å². The van der Waals surface area contributed by atoms with Crippen LogP contribution in [0.15, 0.2) is 0 Å². The fourth-order valence-electron chi connectivity index (χ4n) is 1.50. The molecule has 0 aromatic rings. The topological polar surface area (TPSA) is 20.2 Å². The third-order valence-electron chi connectivity index (χ3n) is 2.53. The second kappa shape index (κ2) is 8.80. The van der Waals surface area contributed by atoms with Crippen molar-refractivity contribution in [3.63, 3.8) is 0 Å². The number of aliphatic hydroxyl groups is 1. The Kier molecular flexibility index (Phi) is 8.52. The highest BCUT2D eigenvalue weighted by molar-refractivity contribution is 5.11. The molecule has 0 rings (SSSR count). The Hall–Kier alpha value is -0.480. The summed E-state index contributed by atoms with van der Waals surface area (Å²) in [5.41, 5.74) is -0.763. The lowest BCUT2D eigenvalue weighted by molar-refractivity contribution is 0.109. The molecule has 0 bridgehead atoms. The lowest BCUT2D eigenvalue weighted by atomic mass is 9.99. The van der Waals surface area contributed by atoms with E-state index in [1.807, 2.05) is 6.92 Å². The molecule has 0 aliphatic rings. The van der Waals surface area contributed by atoms with Gasteiger partial charge >= 0.3 is 0 Å². The maximum absolute atomic E-state index is 9.92. The van der Waals surface area contributed by atoms with Gasteiger partial charge in [-0.25, -0.2) is 0 Å². The Bertz CT molecular complexity index is 195. The van der Waals surface area contributed by atoms with Gasteiger partial charge in [0.1, 0.15) is 5.60 Å². The summed E-state index contributed by atoms with van der Waals surface area (Å²) in [6, 6.07) is 0. The highest BCUT2D eigenvalue weighted by Crippen LogP contribution is 2.13. The summed E-state index contributed by atoms with van der Waals surface area (Å²) in [6.45, 7) is 6.19. The molecular formula is C14H26O. The highest BCUT2D eigenvalue weighted by Gasteiger charge is 2.15. The first-order chi connectivity index (χ1) is 7.12. The van der Waals surface area contributed by atoms with E-state index in [1.165, 1.54) is 25.7 Å². The van der Waals surface area contributed by atoms with E-state index in [-0.39, 0.29) is 0 Å². The number of hydrogen-bond donors (Lipinski definition) is 1. The lowest BCUT2D eigenvalue weighted by Gasteiger charge is -2.15. The van der Waals surface area contributed by atoms with Crippen LogP contribution >= 0.6 is 0 Å². The van der Waals surface area contributed by atoms with E-state index in [2.05, 4.69) is 25.7 Å². The normalized spacial score (nSPS) is 14.1. The zero-order valence-corrected chi connectivity index (χ0v) is 10.6. The standard InChI is InChI=1S/C14H26O/c1-4-6-8-9-11-13-14(3,15)12-10-7-5-2/h15H,4-10,12H2,1-3H3. The molecule has 1 heteroatoms. The zero-order chi connectivity index (χ0) is 11.6. The Morgan fingerprint density at radius 2 is 1.60 bits per heavy atom. The van der Waals surface area contributed by atoms with Crippen molar-refractivity contribution >= 4 is 0 Å².